The molecule has 0 spiro atoms. The minimum atomic E-state index is 0.171. The maximum absolute atomic E-state index is 13.2. The molecule has 2 aliphatic carbocycles. The van der Waals surface area contributed by atoms with E-state index in [1.165, 1.54) is 56.1 Å². The molecule has 0 amide bonds. The van der Waals surface area contributed by atoms with Gasteiger partial charge in [-0.25, -0.2) is 4.98 Å². The van der Waals surface area contributed by atoms with Crippen molar-refractivity contribution in [1.29, 1.82) is 0 Å². The van der Waals surface area contributed by atoms with Crippen molar-refractivity contribution >= 4 is 17.5 Å². The molecule has 5 heteroatoms. The monoisotopic (exact) mass is 355 g/mol. The molecule has 2 bridgehead atoms. The van der Waals surface area contributed by atoms with Crippen LogP contribution in [0.15, 0.2) is 33.9 Å². The van der Waals surface area contributed by atoms with Crippen LogP contribution in [0.2, 0.25) is 0 Å². The molecule has 132 valence electrons. The van der Waals surface area contributed by atoms with E-state index in [1.54, 1.807) is 11.9 Å². The van der Waals surface area contributed by atoms with Crippen molar-refractivity contribution < 1.29 is 0 Å². The summed E-state index contributed by atoms with van der Waals surface area (Å²) in [5.74, 6) is 0.659. The maximum atomic E-state index is 13.2. The number of aromatic nitrogens is 2. The van der Waals surface area contributed by atoms with Crippen molar-refractivity contribution in [3.05, 3.63) is 40.2 Å². The molecule has 0 N–H and O–H groups in total. The molecule has 1 aromatic rings. The number of nitrogens with zero attached hydrogens (tertiary/aromatic N) is 3. The molecule has 0 radical (unpaired) electrons. The van der Waals surface area contributed by atoms with Crippen molar-refractivity contribution in [3.8, 4) is 0 Å². The zero-order chi connectivity index (χ0) is 16.8. The van der Waals surface area contributed by atoms with Gasteiger partial charge in [0.15, 0.2) is 0 Å². The summed E-state index contributed by atoms with van der Waals surface area (Å²) in [6, 6.07) is 0.343. The third-order valence-corrected chi connectivity index (χ3v) is 7.33. The van der Waals surface area contributed by atoms with Crippen molar-refractivity contribution in [2.45, 2.75) is 68.7 Å². The van der Waals surface area contributed by atoms with Crippen molar-refractivity contribution in [2.24, 2.45) is 5.92 Å². The van der Waals surface area contributed by atoms with Gasteiger partial charge in [0.05, 0.1) is 18.6 Å². The highest BCUT2D eigenvalue weighted by Gasteiger charge is 2.32. The predicted octanol–water partition coefficient (Wildman–Crippen LogP) is 4.54. The van der Waals surface area contributed by atoms with Crippen LogP contribution >= 0.6 is 11.9 Å². The summed E-state index contributed by atoms with van der Waals surface area (Å²) >= 11 is 1.58. The topological polar surface area (TPSA) is 38.1 Å². The van der Waals surface area contributed by atoms with Gasteiger partial charge in [0.25, 0.3) is 5.56 Å². The summed E-state index contributed by atoms with van der Waals surface area (Å²) in [5.41, 5.74) is 3.88. The average Bonchev–Trinajstić information content (AvgIpc) is 3.18. The summed E-state index contributed by atoms with van der Waals surface area (Å²) in [6.07, 6.45) is 17.5. The highest BCUT2D eigenvalue weighted by molar-refractivity contribution is 7.97. The van der Waals surface area contributed by atoms with E-state index < -0.39 is 0 Å². The molecule has 4 aliphatic rings. The van der Waals surface area contributed by atoms with Crippen LogP contribution in [0.25, 0.3) is 5.57 Å². The summed E-state index contributed by atoms with van der Waals surface area (Å²) in [6.45, 7) is 0.889. The molecule has 0 unspecified atom stereocenters. The first-order valence-corrected chi connectivity index (χ1v) is 10.6. The summed E-state index contributed by atoms with van der Waals surface area (Å²) in [4.78, 5) is 18.9. The Morgan fingerprint density at radius 1 is 1.04 bits per heavy atom. The molecule has 2 aliphatic heterocycles. The van der Waals surface area contributed by atoms with Gasteiger partial charge in [-0.3, -0.25) is 9.36 Å². The number of hydrogen-bond acceptors (Lipinski definition) is 4. The molecule has 5 rings (SSSR count). The Kier molecular flexibility index (Phi) is 4.00. The Hall–Kier alpha value is -1.49. The van der Waals surface area contributed by atoms with E-state index in [0.29, 0.717) is 12.0 Å². The van der Waals surface area contributed by atoms with E-state index >= 15 is 0 Å². The van der Waals surface area contributed by atoms with Gasteiger partial charge in [-0.2, -0.15) is 0 Å². The molecule has 0 saturated heterocycles. The van der Waals surface area contributed by atoms with E-state index in [1.807, 2.05) is 10.9 Å². The molecule has 0 atom stereocenters. The maximum Gasteiger partial charge on any atom is 0.269 e. The first-order valence-electron chi connectivity index (χ1n) is 9.78. The molecule has 1 aromatic heterocycles. The van der Waals surface area contributed by atoms with Crippen molar-refractivity contribution in [3.63, 3.8) is 0 Å². The van der Waals surface area contributed by atoms with Gasteiger partial charge in [-0.15, -0.1) is 0 Å². The lowest BCUT2D eigenvalue weighted by molar-refractivity contribution is 0.340. The Labute approximate surface area is 153 Å². The second-order valence-corrected chi connectivity index (χ2v) is 8.88. The Morgan fingerprint density at radius 2 is 1.80 bits per heavy atom. The lowest BCUT2D eigenvalue weighted by Gasteiger charge is -2.34. The Bertz CT molecular complexity index is 798. The molecular formula is C20H25N3OS. The average molecular weight is 356 g/mol. The lowest BCUT2D eigenvalue weighted by atomic mass is 9.89. The Morgan fingerprint density at radius 3 is 2.60 bits per heavy atom. The van der Waals surface area contributed by atoms with E-state index in [4.69, 9.17) is 4.98 Å². The van der Waals surface area contributed by atoms with Crippen LogP contribution in [0, 0.1) is 5.92 Å². The van der Waals surface area contributed by atoms with Crippen LogP contribution in [0.1, 0.15) is 69.5 Å². The second-order valence-electron chi connectivity index (χ2n) is 7.82. The van der Waals surface area contributed by atoms with Gasteiger partial charge in [0.1, 0.15) is 4.90 Å². The number of hydrogen-bond donors (Lipinski definition) is 0. The number of allylic oxidation sites excluding steroid dienone is 2. The number of fused-ring (bicyclic) bond motifs is 4. The summed E-state index contributed by atoms with van der Waals surface area (Å²) in [7, 11) is 0. The quantitative estimate of drug-likeness (QED) is 0.730. The molecular weight excluding hydrogens is 330 g/mol. The SMILES string of the molecule is O=c1c2c(ncn1C1CCCCC1)C1=C(C3CCCC3)C=CN(C1)S2. The molecule has 3 heterocycles. The van der Waals surface area contributed by atoms with Crippen LogP contribution in [0.5, 0.6) is 0 Å². The van der Waals surface area contributed by atoms with Gasteiger partial charge in [0.2, 0.25) is 0 Å². The fraction of sp³-hybridized carbons (Fsp3) is 0.600. The van der Waals surface area contributed by atoms with Gasteiger partial charge >= 0.3 is 0 Å². The van der Waals surface area contributed by atoms with Crippen LogP contribution in [-0.2, 0) is 0 Å². The standard InChI is InChI=1S/C20H25N3OS/c24-20-19-18(21-13-23(20)15-8-2-1-3-9-15)17-12-22(25-19)11-10-16(17)14-6-4-5-7-14/h10-11,13-15H,1-9,12H2. The first kappa shape index (κ1) is 15.7. The van der Waals surface area contributed by atoms with Gasteiger partial charge in [0, 0.05) is 17.8 Å². The first-order chi connectivity index (χ1) is 12.3. The lowest BCUT2D eigenvalue weighted by Crippen LogP contribution is -2.33. The minimum absolute atomic E-state index is 0.171. The largest absolute Gasteiger partial charge is 0.314 e. The minimum Gasteiger partial charge on any atom is -0.314 e. The normalized spacial score (nSPS) is 24.1. The van der Waals surface area contributed by atoms with Gasteiger partial charge in [-0.1, -0.05) is 32.1 Å². The highest BCUT2D eigenvalue weighted by Crippen LogP contribution is 2.44. The van der Waals surface area contributed by atoms with Gasteiger partial charge in [-0.05, 0) is 55.2 Å². The molecule has 2 saturated carbocycles. The third kappa shape index (κ3) is 2.67. The van der Waals surface area contributed by atoms with Crippen LogP contribution in [-0.4, -0.2) is 20.4 Å². The molecule has 4 nitrogen and oxygen atoms in total. The van der Waals surface area contributed by atoms with Crippen LogP contribution in [0.4, 0.5) is 0 Å². The zero-order valence-corrected chi connectivity index (χ0v) is 15.4. The molecule has 25 heavy (non-hydrogen) atoms. The summed E-state index contributed by atoms with van der Waals surface area (Å²) in [5, 5.41) is 0. The van der Waals surface area contributed by atoms with Gasteiger partial charge < -0.3 is 4.31 Å². The second kappa shape index (κ2) is 6.35. The van der Waals surface area contributed by atoms with Crippen molar-refractivity contribution in [1.82, 2.24) is 13.9 Å². The van der Waals surface area contributed by atoms with E-state index in [-0.39, 0.29) is 5.56 Å². The Balaban J connectivity index is 1.59. The zero-order valence-electron chi connectivity index (χ0n) is 14.6. The predicted molar refractivity (Wildman–Crippen MR) is 101 cm³/mol. The highest BCUT2D eigenvalue weighted by atomic mass is 32.2. The molecule has 0 aromatic carbocycles. The van der Waals surface area contributed by atoms with E-state index in [9.17, 15) is 4.79 Å². The van der Waals surface area contributed by atoms with Crippen LogP contribution < -0.4 is 5.56 Å². The van der Waals surface area contributed by atoms with Crippen molar-refractivity contribution in [2.75, 3.05) is 6.54 Å². The fourth-order valence-corrected chi connectivity index (χ4v) is 5.94. The smallest absolute Gasteiger partial charge is 0.269 e. The van der Waals surface area contributed by atoms with Crippen LogP contribution in [0.3, 0.4) is 0 Å². The fourth-order valence-electron chi connectivity index (χ4n) is 4.94. The third-order valence-electron chi connectivity index (χ3n) is 6.30. The van der Waals surface area contributed by atoms with E-state index in [0.717, 1.165) is 30.0 Å². The molecule has 2 fully saturated rings. The number of rotatable bonds is 2. The summed E-state index contributed by atoms with van der Waals surface area (Å²) < 4.78 is 4.12. The van der Waals surface area contributed by atoms with E-state index in [2.05, 4.69) is 16.6 Å².